The van der Waals surface area contributed by atoms with E-state index >= 15 is 0 Å². The Bertz CT molecular complexity index is 671. The van der Waals surface area contributed by atoms with Gasteiger partial charge in [0.25, 0.3) is 0 Å². The average molecular weight is 398 g/mol. The Kier molecular flexibility index (Phi) is 9.20. The fourth-order valence-electron chi connectivity index (χ4n) is 2.86. The minimum absolute atomic E-state index is 0.0262. The molecule has 0 spiro atoms. The summed E-state index contributed by atoms with van der Waals surface area (Å²) < 4.78 is 31.9. The van der Waals surface area contributed by atoms with E-state index in [0.29, 0.717) is 25.9 Å². The third-order valence-electron chi connectivity index (χ3n) is 4.49. The first-order valence-electron chi connectivity index (χ1n) is 9.66. The SMILES string of the molecule is CCCNS(=O)(=O)c1ccc(CCC(=O)NCCCN2CCOCC2)cc1. The van der Waals surface area contributed by atoms with Crippen molar-refractivity contribution in [2.75, 3.05) is 45.9 Å². The Hall–Kier alpha value is -1.48. The lowest BCUT2D eigenvalue weighted by Crippen LogP contribution is -2.38. The minimum Gasteiger partial charge on any atom is -0.379 e. The second kappa shape index (κ2) is 11.4. The monoisotopic (exact) mass is 397 g/mol. The van der Waals surface area contributed by atoms with Crippen LogP contribution < -0.4 is 10.0 Å². The molecule has 1 aromatic rings. The molecule has 0 aromatic heterocycles. The van der Waals surface area contributed by atoms with Gasteiger partial charge >= 0.3 is 0 Å². The molecule has 0 aliphatic carbocycles. The van der Waals surface area contributed by atoms with Gasteiger partial charge in [-0.05, 0) is 43.5 Å². The molecule has 7 nitrogen and oxygen atoms in total. The molecular weight excluding hydrogens is 366 g/mol. The maximum Gasteiger partial charge on any atom is 0.240 e. The molecule has 1 fully saturated rings. The number of carbonyl (C=O) groups is 1. The quantitative estimate of drug-likeness (QED) is 0.547. The highest BCUT2D eigenvalue weighted by molar-refractivity contribution is 7.89. The molecule has 1 heterocycles. The lowest BCUT2D eigenvalue weighted by molar-refractivity contribution is -0.121. The average Bonchev–Trinajstić information content (AvgIpc) is 2.69. The minimum atomic E-state index is -3.44. The first-order valence-corrected chi connectivity index (χ1v) is 11.1. The second-order valence-electron chi connectivity index (χ2n) is 6.70. The summed E-state index contributed by atoms with van der Waals surface area (Å²) in [5.41, 5.74) is 0.952. The number of hydrogen-bond donors (Lipinski definition) is 2. The summed E-state index contributed by atoms with van der Waals surface area (Å²) in [4.78, 5) is 14.6. The molecule has 1 aromatic carbocycles. The van der Waals surface area contributed by atoms with Crippen LogP contribution in [0.3, 0.4) is 0 Å². The van der Waals surface area contributed by atoms with E-state index in [2.05, 4.69) is 14.9 Å². The molecule has 8 heteroatoms. The van der Waals surface area contributed by atoms with Crippen molar-refractivity contribution < 1.29 is 17.9 Å². The molecule has 0 bridgehead atoms. The van der Waals surface area contributed by atoms with Crippen LogP contribution in [-0.2, 0) is 26.0 Å². The maximum atomic E-state index is 12.0. The van der Waals surface area contributed by atoms with Gasteiger partial charge in [0.05, 0.1) is 18.1 Å². The topological polar surface area (TPSA) is 87.7 Å². The van der Waals surface area contributed by atoms with E-state index < -0.39 is 10.0 Å². The fraction of sp³-hybridized carbons (Fsp3) is 0.632. The summed E-state index contributed by atoms with van der Waals surface area (Å²) >= 11 is 0. The van der Waals surface area contributed by atoms with Crippen LogP contribution >= 0.6 is 0 Å². The van der Waals surface area contributed by atoms with Crippen LogP contribution in [0.15, 0.2) is 29.2 Å². The molecule has 1 amide bonds. The van der Waals surface area contributed by atoms with E-state index in [1.165, 1.54) is 0 Å². The van der Waals surface area contributed by atoms with Gasteiger partial charge in [0.2, 0.25) is 15.9 Å². The van der Waals surface area contributed by atoms with Gasteiger partial charge in [-0.2, -0.15) is 0 Å². The first-order chi connectivity index (χ1) is 13.0. The van der Waals surface area contributed by atoms with Gasteiger partial charge in [-0.1, -0.05) is 19.1 Å². The molecule has 1 aliphatic rings. The summed E-state index contributed by atoms with van der Waals surface area (Å²) in [6, 6.07) is 6.72. The molecule has 152 valence electrons. The highest BCUT2D eigenvalue weighted by atomic mass is 32.2. The van der Waals surface area contributed by atoms with E-state index in [1.807, 2.05) is 6.92 Å². The van der Waals surface area contributed by atoms with Crippen molar-refractivity contribution in [3.05, 3.63) is 29.8 Å². The van der Waals surface area contributed by atoms with E-state index in [4.69, 9.17) is 4.74 Å². The van der Waals surface area contributed by atoms with Crippen molar-refractivity contribution in [1.29, 1.82) is 0 Å². The van der Waals surface area contributed by atoms with Crippen LogP contribution in [0.1, 0.15) is 31.7 Å². The number of carbonyl (C=O) groups excluding carboxylic acids is 1. The molecule has 27 heavy (non-hydrogen) atoms. The molecule has 1 saturated heterocycles. The second-order valence-corrected chi connectivity index (χ2v) is 8.47. The number of nitrogens with one attached hydrogen (secondary N) is 2. The number of rotatable bonds is 11. The van der Waals surface area contributed by atoms with Crippen LogP contribution in [0.25, 0.3) is 0 Å². The highest BCUT2D eigenvalue weighted by Crippen LogP contribution is 2.12. The third-order valence-corrected chi connectivity index (χ3v) is 5.97. The fourth-order valence-corrected chi connectivity index (χ4v) is 3.99. The molecule has 2 rings (SSSR count). The molecule has 0 atom stereocenters. The van der Waals surface area contributed by atoms with Crippen LogP contribution in [-0.4, -0.2) is 65.2 Å². The summed E-state index contributed by atoms with van der Waals surface area (Å²) in [7, 11) is -3.44. The lowest BCUT2D eigenvalue weighted by atomic mass is 10.1. The van der Waals surface area contributed by atoms with Crippen LogP contribution in [0, 0.1) is 0 Å². The smallest absolute Gasteiger partial charge is 0.240 e. The molecule has 2 N–H and O–H groups in total. The summed E-state index contributed by atoms with van der Waals surface area (Å²) in [5, 5.41) is 2.95. The van der Waals surface area contributed by atoms with Gasteiger partial charge in [0.15, 0.2) is 0 Å². The van der Waals surface area contributed by atoms with E-state index in [0.717, 1.165) is 51.3 Å². The maximum absolute atomic E-state index is 12.0. The lowest BCUT2D eigenvalue weighted by Gasteiger charge is -2.26. The summed E-state index contributed by atoms with van der Waals surface area (Å²) in [6.07, 6.45) is 2.68. The molecule has 0 unspecified atom stereocenters. The van der Waals surface area contributed by atoms with Crippen molar-refractivity contribution in [1.82, 2.24) is 14.9 Å². The van der Waals surface area contributed by atoms with Crippen molar-refractivity contribution in [3.8, 4) is 0 Å². The van der Waals surface area contributed by atoms with Gasteiger partial charge in [-0.25, -0.2) is 13.1 Å². The molecule has 1 aliphatic heterocycles. The Balaban J connectivity index is 1.65. The first kappa shape index (κ1) is 21.8. The van der Waals surface area contributed by atoms with E-state index in [1.54, 1.807) is 24.3 Å². The Morgan fingerprint density at radius 2 is 1.85 bits per heavy atom. The number of benzene rings is 1. The molecule has 0 radical (unpaired) electrons. The molecule has 0 saturated carbocycles. The van der Waals surface area contributed by atoms with Gasteiger partial charge in [0.1, 0.15) is 0 Å². The Morgan fingerprint density at radius 1 is 1.15 bits per heavy atom. The number of aryl methyl sites for hydroxylation is 1. The highest BCUT2D eigenvalue weighted by Gasteiger charge is 2.13. The predicted molar refractivity (Wildman–Crippen MR) is 105 cm³/mol. The van der Waals surface area contributed by atoms with Crippen molar-refractivity contribution in [2.24, 2.45) is 0 Å². The summed E-state index contributed by atoms with van der Waals surface area (Å²) in [6.45, 7) is 7.51. The Morgan fingerprint density at radius 3 is 2.52 bits per heavy atom. The standard InChI is InChI=1S/C19H31N3O4S/c1-2-10-21-27(24,25)18-7-4-17(5-8-18)6-9-19(23)20-11-3-12-22-13-15-26-16-14-22/h4-5,7-8,21H,2-3,6,9-16H2,1H3,(H,20,23). The van der Waals surface area contributed by atoms with Crippen LogP contribution in [0.2, 0.25) is 0 Å². The number of hydrogen-bond acceptors (Lipinski definition) is 5. The zero-order chi connectivity index (χ0) is 19.5. The van der Waals surface area contributed by atoms with Crippen LogP contribution in [0.4, 0.5) is 0 Å². The zero-order valence-electron chi connectivity index (χ0n) is 16.1. The number of nitrogens with zero attached hydrogens (tertiary/aromatic N) is 1. The van der Waals surface area contributed by atoms with Gasteiger partial charge in [-0.3, -0.25) is 9.69 Å². The van der Waals surface area contributed by atoms with Gasteiger partial charge in [-0.15, -0.1) is 0 Å². The summed E-state index contributed by atoms with van der Waals surface area (Å²) in [5.74, 6) is 0.0262. The van der Waals surface area contributed by atoms with Crippen molar-refractivity contribution in [3.63, 3.8) is 0 Å². The van der Waals surface area contributed by atoms with Gasteiger partial charge < -0.3 is 10.1 Å². The number of sulfonamides is 1. The number of ether oxygens (including phenoxy) is 1. The van der Waals surface area contributed by atoms with Crippen molar-refractivity contribution in [2.45, 2.75) is 37.5 Å². The predicted octanol–water partition coefficient (Wildman–Crippen LogP) is 1.15. The Labute approximate surface area is 162 Å². The number of morpholine rings is 1. The zero-order valence-corrected chi connectivity index (χ0v) is 16.9. The van der Waals surface area contributed by atoms with E-state index in [9.17, 15) is 13.2 Å². The molecular formula is C19H31N3O4S. The van der Waals surface area contributed by atoms with E-state index in [-0.39, 0.29) is 10.8 Å². The number of amides is 1. The third kappa shape index (κ3) is 7.96. The largest absolute Gasteiger partial charge is 0.379 e. The van der Waals surface area contributed by atoms with Crippen molar-refractivity contribution >= 4 is 15.9 Å². The van der Waals surface area contributed by atoms with Crippen LogP contribution in [0.5, 0.6) is 0 Å². The van der Waals surface area contributed by atoms with Gasteiger partial charge in [0, 0.05) is 32.6 Å². The normalized spacial score (nSPS) is 15.6.